The largest absolute Gasteiger partial charge is 0.492 e. The average Bonchev–Trinajstić information content (AvgIpc) is 3.34. The molecule has 0 aliphatic heterocycles. The molecule has 21 heavy (non-hydrogen) atoms. The normalized spacial score (nSPS) is 20.2. The third-order valence-electron chi connectivity index (χ3n) is 3.90. The molecule has 0 amide bonds. The minimum Gasteiger partial charge on any atom is -0.492 e. The first-order chi connectivity index (χ1) is 9.97. The van der Waals surface area contributed by atoms with E-state index in [2.05, 4.69) is 10.0 Å². The highest BCUT2D eigenvalue weighted by Gasteiger charge is 2.41. The van der Waals surface area contributed by atoms with Crippen molar-refractivity contribution in [3.05, 3.63) is 24.3 Å². The summed E-state index contributed by atoms with van der Waals surface area (Å²) in [5, 5.41) is 3.36. The highest BCUT2D eigenvalue weighted by molar-refractivity contribution is 7.89. The van der Waals surface area contributed by atoms with Gasteiger partial charge in [-0.2, -0.15) is 0 Å². The van der Waals surface area contributed by atoms with Crippen LogP contribution in [-0.2, 0) is 10.0 Å². The van der Waals surface area contributed by atoms with Gasteiger partial charge in [-0.25, -0.2) is 13.1 Å². The molecular formula is C15H22N2O3S. The summed E-state index contributed by atoms with van der Waals surface area (Å²) in [4.78, 5) is 0.291. The predicted octanol–water partition coefficient (Wildman–Crippen LogP) is 1.65. The van der Waals surface area contributed by atoms with E-state index in [-0.39, 0.29) is 5.54 Å². The number of benzene rings is 1. The molecule has 2 fully saturated rings. The molecule has 2 saturated carbocycles. The summed E-state index contributed by atoms with van der Waals surface area (Å²) in [6.45, 7) is 3.35. The smallest absolute Gasteiger partial charge is 0.241 e. The van der Waals surface area contributed by atoms with E-state index < -0.39 is 10.0 Å². The number of rotatable bonds is 8. The van der Waals surface area contributed by atoms with Gasteiger partial charge in [-0.05, 0) is 56.9 Å². The summed E-state index contributed by atoms with van der Waals surface area (Å²) in [5.41, 5.74) is -0.248. The molecule has 0 unspecified atom stereocenters. The summed E-state index contributed by atoms with van der Waals surface area (Å²) in [6.07, 6.45) is 4.33. The van der Waals surface area contributed by atoms with Crippen LogP contribution in [0.3, 0.4) is 0 Å². The van der Waals surface area contributed by atoms with Gasteiger partial charge in [0.1, 0.15) is 12.4 Å². The van der Waals surface area contributed by atoms with E-state index in [9.17, 15) is 8.42 Å². The number of sulfonamides is 1. The molecule has 0 saturated heterocycles. The van der Waals surface area contributed by atoms with Crippen LogP contribution in [0.15, 0.2) is 29.2 Å². The molecule has 1 aromatic carbocycles. The fraction of sp³-hybridized carbons (Fsp3) is 0.600. The van der Waals surface area contributed by atoms with Crippen molar-refractivity contribution in [2.45, 2.75) is 49.1 Å². The zero-order valence-corrected chi connectivity index (χ0v) is 13.1. The van der Waals surface area contributed by atoms with Crippen molar-refractivity contribution in [1.82, 2.24) is 10.0 Å². The van der Waals surface area contributed by atoms with Gasteiger partial charge in [0.15, 0.2) is 0 Å². The van der Waals surface area contributed by atoms with Crippen molar-refractivity contribution in [2.24, 2.45) is 0 Å². The Morgan fingerprint density at radius 2 is 1.90 bits per heavy atom. The summed E-state index contributed by atoms with van der Waals surface area (Å²) < 4.78 is 32.7. The van der Waals surface area contributed by atoms with Crippen LogP contribution in [0.2, 0.25) is 0 Å². The first-order valence-electron chi connectivity index (χ1n) is 7.47. The molecular weight excluding hydrogens is 288 g/mol. The van der Waals surface area contributed by atoms with Crippen LogP contribution in [-0.4, -0.2) is 33.2 Å². The molecule has 5 nitrogen and oxygen atoms in total. The highest BCUT2D eigenvalue weighted by atomic mass is 32.2. The second kappa shape index (κ2) is 5.59. The van der Waals surface area contributed by atoms with E-state index in [4.69, 9.17) is 4.74 Å². The highest BCUT2D eigenvalue weighted by Crippen LogP contribution is 2.36. The van der Waals surface area contributed by atoms with Crippen LogP contribution in [0.5, 0.6) is 5.75 Å². The van der Waals surface area contributed by atoms with Gasteiger partial charge in [0, 0.05) is 18.1 Å². The Morgan fingerprint density at radius 3 is 2.48 bits per heavy atom. The van der Waals surface area contributed by atoms with Crippen LogP contribution < -0.4 is 14.8 Å². The molecule has 116 valence electrons. The maximum absolute atomic E-state index is 12.2. The van der Waals surface area contributed by atoms with Gasteiger partial charge in [-0.3, -0.25) is 0 Å². The van der Waals surface area contributed by atoms with E-state index in [1.54, 1.807) is 24.3 Å². The van der Waals surface area contributed by atoms with Gasteiger partial charge in [-0.1, -0.05) is 0 Å². The van der Waals surface area contributed by atoms with Gasteiger partial charge in [0.05, 0.1) is 4.90 Å². The molecule has 0 aromatic heterocycles. The topological polar surface area (TPSA) is 67.4 Å². The van der Waals surface area contributed by atoms with Crippen molar-refractivity contribution in [3.8, 4) is 5.75 Å². The van der Waals surface area contributed by atoms with E-state index in [0.29, 0.717) is 23.3 Å². The molecule has 1 aromatic rings. The zero-order valence-electron chi connectivity index (χ0n) is 12.3. The molecule has 3 rings (SSSR count). The van der Waals surface area contributed by atoms with E-state index in [1.165, 1.54) is 12.8 Å². The van der Waals surface area contributed by atoms with Gasteiger partial charge < -0.3 is 10.1 Å². The fourth-order valence-corrected chi connectivity index (χ4v) is 3.57. The van der Waals surface area contributed by atoms with Crippen LogP contribution in [0.25, 0.3) is 0 Å². The van der Waals surface area contributed by atoms with Crippen molar-refractivity contribution in [1.29, 1.82) is 0 Å². The van der Waals surface area contributed by atoms with Gasteiger partial charge in [-0.15, -0.1) is 0 Å². The van der Waals surface area contributed by atoms with Gasteiger partial charge in [0.25, 0.3) is 0 Å². The lowest BCUT2D eigenvalue weighted by molar-refractivity contribution is 0.313. The standard InChI is InChI=1S/C15H22N2O3S/c1-15(8-9-15)17-21(18,19)14-6-4-13(5-7-14)20-11-10-16-12-2-3-12/h4-7,12,16-17H,2-3,8-11H2,1H3. The number of nitrogens with one attached hydrogen (secondary N) is 2. The Morgan fingerprint density at radius 1 is 1.24 bits per heavy atom. The van der Waals surface area contributed by atoms with Gasteiger partial charge >= 0.3 is 0 Å². The Hall–Kier alpha value is -1.11. The summed E-state index contributed by atoms with van der Waals surface area (Å²) in [6, 6.07) is 7.29. The lowest BCUT2D eigenvalue weighted by Crippen LogP contribution is -2.34. The Labute approximate surface area is 126 Å². The van der Waals surface area contributed by atoms with Crippen molar-refractivity contribution < 1.29 is 13.2 Å². The van der Waals surface area contributed by atoms with E-state index in [0.717, 1.165) is 19.4 Å². The maximum atomic E-state index is 12.2. The molecule has 0 radical (unpaired) electrons. The first kappa shape index (κ1) is 14.8. The van der Waals surface area contributed by atoms with Crippen molar-refractivity contribution in [3.63, 3.8) is 0 Å². The zero-order chi connectivity index (χ0) is 14.9. The third-order valence-corrected chi connectivity index (χ3v) is 5.55. The van der Waals surface area contributed by atoms with Crippen molar-refractivity contribution in [2.75, 3.05) is 13.2 Å². The predicted molar refractivity (Wildman–Crippen MR) is 80.9 cm³/mol. The van der Waals surface area contributed by atoms with Crippen LogP contribution in [0.4, 0.5) is 0 Å². The minimum atomic E-state index is -3.42. The second-order valence-electron chi connectivity index (χ2n) is 6.21. The molecule has 2 N–H and O–H groups in total. The Kier molecular flexibility index (Phi) is 3.94. The third kappa shape index (κ3) is 4.18. The molecule has 2 aliphatic carbocycles. The van der Waals surface area contributed by atoms with Crippen LogP contribution in [0, 0.1) is 0 Å². The van der Waals surface area contributed by atoms with E-state index >= 15 is 0 Å². The number of hydrogen-bond acceptors (Lipinski definition) is 4. The minimum absolute atomic E-state index is 0.248. The molecule has 0 spiro atoms. The fourth-order valence-electron chi connectivity index (χ4n) is 2.11. The average molecular weight is 310 g/mol. The van der Waals surface area contributed by atoms with Crippen molar-refractivity contribution >= 4 is 10.0 Å². The lowest BCUT2D eigenvalue weighted by Gasteiger charge is -2.12. The monoisotopic (exact) mass is 310 g/mol. The summed E-state index contributed by atoms with van der Waals surface area (Å²) in [7, 11) is -3.42. The Bertz CT molecular complexity index is 590. The Balaban J connectivity index is 1.52. The lowest BCUT2D eigenvalue weighted by atomic mass is 10.3. The van der Waals surface area contributed by atoms with Crippen LogP contribution in [0.1, 0.15) is 32.6 Å². The van der Waals surface area contributed by atoms with Crippen LogP contribution >= 0.6 is 0 Å². The number of ether oxygens (including phenoxy) is 1. The summed E-state index contributed by atoms with van der Waals surface area (Å²) in [5.74, 6) is 0.698. The quantitative estimate of drug-likeness (QED) is 0.717. The summed E-state index contributed by atoms with van der Waals surface area (Å²) >= 11 is 0. The first-order valence-corrected chi connectivity index (χ1v) is 8.95. The molecule has 0 atom stereocenters. The molecule has 0 bridgehead atoms. The van der Waals surface area contributed by atoms with Gasteiger partial charge in [0.2, 0.25) is 10.0 Å². The molecule has 0 heterocycles. The molecule has 6 heteroatoms. The SMILES string of the molecule is CC1(NS(=O)(=O)c2ccc(OCCNC3CC3)cc2)CC1. The van der Waals surface area contributed by atoms with E-state index in [1.807, 2.05) is 6.92 Å². The second-order valence-corrected chi connectivity index (χ2v) is 7.90. The number of hydrogen-bond donors (Lipinski definition) is 2. The maximum Gasteiger partial charge on any atom is 0.241 e. The molecule has 2 aliphatic rings.